The second-order valence-corrected chi connectivity index (χ2v) is 15.8. The summed E-state index contributed by atoms with van der Waals surface area (Å²) in [7, 11) is 7.59. The minimum Gasteiger partial charge on any atom is -0.512 e. The highest BCUT2D eigenvalue weighted by Gasteiger charge is 2.48. The van der Waals surface area contributed by atoms with Gasteiger partial charge in [0.2, 0.25) is 0 Å². The Labute approximate surface area is 342 Å². The van der Waals surface area contributed by atoms with Crippen LogP contribution in [-0.2, 0) is 52.3 Å². The van der Waals surface area contributed by atoms with Gasteiger partial charge in [0, 0.05) is 38.0 Å². The number of likely N-dealkylation sites (N-methyl/N-ethyl adjacent to an activating group) is 1. The zero-order valence-corrected chi connectivity index (χ0v) is 35.8. The van der Waals surface area contributed by atoms with Gasteiger partial charge in [-0.3, -0.25) is 4.79 Å². The van der Waals surface area contributed by atoms with Crippen molar-refractivity contribution >= 4 is 17.7 Å². The van der Waals surface area contributed by atoms with Crippen molar-refractivity contribution < 1.29 is 72.7 Å². The Morgan fingerprint density at radius 1 is 0.914 bits per heavy atom. The van der Waals surface area contributed by atoms with E-state index in [1.54, 1.807) is 65.8 Å². The molecule has 4 N–H and O–H groups in total. The van der Waals surface area contributed by atoms with E-state index in [9.17, 15) is 34.8 Å². The maximum Gasteiger partial charge on any atom is 0.334 e. The number of aliphatic hydroxyl groups excluding tert-OH is 4. The molecule has 0 aromatic carbocycles. The average Bonchev–Trinajstić information content (AvgIpc) is 3.18. The van der Waals surface area contributed by atoms with Crippen LogP contribution in [0.25, 0.3) is 0 Å². The normalized spacial score (nSPS) is 41.0. The van der Waals surface area contributed by atoms with Crippen LogP contribution >= 0.6 is 0 Å². The van der Waals surface area contributed by atoms with Gasteiger partial charge >= 0.3 is 11.9 Å². The summed E-state index contributed by atoms with van der Waals surface area (Å²) in [5, 5.41) is 44.5. The van der Waals surface area contributed by atoms with Crippen molar-refractivity contribution in [2.45, 2.75) is 134 Å². The summed E-state index contributed by atoms with van der Waals surface area (Å²) in [6.45, 7) is 10.4. The molecule has 2 fully saturated rings. The van der Waals surface area contributed by atoms with Crippen LogP contribution < -0.4 is 0 Å². The summed E-state index contributed by atoms with van der Waals surface area (Å²) in [6, 6.07) is -0.765. The molecule has 0 radical (unpaired) electrons. The minimum atomic E-state index is -1.33. The first-order valence-corrected chi connectivity index (χ1v) is 20.0. The number of hydrogen-bond donors (Lipinski definition) is 4. The highest BCUT2D eigenvalue weighted by atomic mass is 16.7. The molecule has 0 aromatic heterocycles. The second-order valence-electron chi connectivity index (χ2n) is 15.8. The van der Waals surface area contributed by atoms with Crippen molar-refractivity contribution in [2.75, 3.05) is 42.0 Å². The van der Waals surface area contributed by atoms with Crippen LogP contribution in [0.1, 0.15) is 60.8 Å². The Kier molecular flexibility index (Phi) is 19.6. The molecule has 0 spiro atoms. The van der Waals surface area contributed by atoms with Gasteiger partial charge in [0.15, 0.2) is 18.4 Å². The summed E-state index contributed by atoms with van der Waals surface area (Å²) < 4.78 is 46.6. The zero-order valence-electron chi connectivity index (χ0n) is 35.8. The molecule has 58 heavy (non-hydrogen) atoms. The lowest BCUT2D eigenvalue weighted by atomic mass is 9.81. The number of allylic oxidation sites excluding steroid dienone is 4. The predicted molar refractivity (Wildman–Crippen MR) is 211 cm³/mol. The first-order valence-electron chi connectivity index (χ1n) is 20.0. The van der Waals surface area contributed by atoms with Crippen molar-refractivity contribution in [3.05, 3.63) is 47.8 Å². The molecule has 3 aliphatic rings. The maximum atomic E-state index is 13.7. The number of ether oxygens (including phenoxy) is 8. The van der Waals surface area contributed by atoms with Crippen LogP contribution in [0.3, 0.4) is 0 Å². The summed E-state index contributed by atoms with van der Waals surface area (Å²) >= 11 is 0. The molecule has 2 saturated heterocycles. The van der Waals surface area contributed by atoms with E-state index in [0.29, 0.717) is 12.0 Å². The SMILES string of the molecule is CC[C@H]1OC(=O)/C=C(/O)[C@H](C)[C@@H](O[C@H]2O[C@@H](C)[C@H](O)[C@@H](N(C)C)[C@@H]2O)[C@@H](C/C=C/C(=O)OC)C[C@@H](C)C(=O)/C=C/C(C)=C/[C@@H]1CO[C@@H]1O[C@H](C)[C@@H](O)[C@@H](OC)[C@H]1OC. The number of nitrogens with zero attached hydrogens (tertiary/aromatic N) is 1. The fourth-order valence-corrected chi connectivity index (χ4v) is 7.83. The maximum absolute atomic E-state index is 13.7. The lowest BCUT2D eigenvalue weighted by Gasteiger charge is -2.46. The van der Waals surface area contributed by atoms with E-state index in [4.69, 9.17) is 37.9 Å². The van der Waals surface area contributed by atoms with Crippen LogP contribution in [0, 0.1) is 23.7 Å². The molecule has 3 heterocycles. The number of methoxy groups -OCH3 is 3. The number of aliphatic hydroxyl groups is 4. The molecule has 3 rings (SSSR count). The van der Waals surface area contributed by atoms with E-state index in [2.05, 4.69) is 0 Å². The largest absolute Gasteiger partial charge is 0.512 e. The molecule has 3 aliphatic heterocycles. The molecule has 0 unspecified atom stereocenters. The van der Waals surface area contributed by atoms with E-state index >= 15 is 0 Å². The third kappa shape index (κ3) is 13.0. The number of rotatable bonds is 12. The molecule has 0 bridgehead atoms. The van der Waals surface area contributed by atoms with Gasteiger partial charge in [-0.2, -0.15) is 0 Å². The van der Waals surface area contributed by atoms with E-state index < -0.39 is 115 Å². The lowest BCUT2D eigenvalue weighted by Crippen LogP contribution is -2.63. The Balaban J connectivity index is 2.06. The number of carbonyl (C=O) groups excluding carboxylic acids is 3. The molecule has 16 atom stereocenters. The first-order chi connectivity index (χ1) is 27.4. The van der Waals surface area contributed by atoms with E-state index in [0.717, 1.165) is 6.08 Å². The van der Waals surface area contributed by atoms with E-state index in [1.165, 1.54) is 33.5 Å². The van der Waals surface area contributed by atoms with Crippen LogP contribution in [0.5, 0.6) is 0 Å². The fourth-order valence-electron chi connectivity index (χ4n) is 7.83. The molecule has 0 aromatic rings. The Morgan fingerprint density at radius 2 is 1.55 bits per heavy atom. The summed E-state index contributed by atoms with van der Waals surface area (Å²) in [4.78, 5) is 41.1. The number of cyclic esters (lactones) is 1. The molecule has 0 amide bonds. The topological polar surface area (TPSA) is 209 Å². The smallest absolute Gasteiger partial charge is 0.334 e. The van der Waals surface area contributed by atoms with Gasteiger partial charge in [-0.25, -0.2) is 9.59 Å². The van der Waals surface area contributed by atoms with Gasteiger partial charge in [0.25, 0.3) is 0 Å². The fraction of sp³-hybridized carbons (Fsp3) is 0.738. The number of hydrogen-bond acceptors (Lipinski definition) is 16. The van der Waals surface area contributed by atoms with E-state index in [1.807, 2.05) is 13.0 Å². The van der Waals surface area contributed by atoms with Crippen molar-refractivity contribution in [3.8, 4) is 0 Å². The van der Waals surface area contributed by atoms with Crippen molar-refractivity contribution in [2.24, 2.45) is 23.7 Å². The molecule has 16 nitrogen and oxygen atoms in total. The summed E-state index contributed by atoms with van der Waals surface area (Å²) in [6.07, 6.45) is -0.674. The molecule has 330 valence electrons. The minimum absolute atomic E-state index is 0.0152. The quantitative estimate of drug-likeness (QED) is 0.165. The number of carbonyl (C=O) groups is 3. The molecular formula is C42H67NO15. The third-order valence-corrected chi connectivity index (χ3v) is 11.3. The van der Waals surface area contributed by atoms with Gasteiger partial charge in [-0.1, -0.05) is 44.6 Å². The highest BCUT2D eigenvalue weighted by molar-refractivity contribution is 5.91. The van der Waals surface area contributed by atoms with Crippen LogP contribution in [-0.4, -0.2) is 159 Å². The van der Waals surface area contributed by atoms with Crippen LogP contribution in [0.4, 0.5) is 0 Å². The van der Waals surface area contributed by atoms with Crippen molar-refractivity contribution in [1.29, 1.82) is 0 Å². The Bertz CT molecular complexity index is 1460. The van der Waals surface area contributed by atoms with Crippen molar-refractivity contribution in [1.82, 2.24) is 4.90 Å². The van der Waals surface area contributed by atoms with Gasteiger partial charge in [-0.05, 0) is 66.1 Å². The first kappa shape index (κ1) is 49.3. The van der Waals surface area contributed by atoms with Gasteiger partial charge < -0.3 is 63.2 Å². The van der Waals surface area contributed by atoms with Gasteiger partial charge in [0.1, 0.15) is 36.3 Å². The molecular weight excluding hydrogens is 758 g/mol. The van der Waals surface area contributed by atoms with Crippen LogP contribution in [0.2, 0.25) is 0 Å². The molecule has 16 heteroatoms. The monoisotopic (exact) mass is 825 g/mol. The van der Waals surface area contributed by atoms with Crippen molar-refractivity contribution in [3.63, 3.8) is 0 Å². The third-order valence-electron chi connectivity index (χ3n) is 11.3. The van der Waals surface area contributed by atoms with E-state index in [-0.39, 0.29) is 25.2 Å². The van der Waals surface area contributed by atoms with Gasteiger partial charge in [0.05, 0.1) is 50.3 Å². The Morgan fingerprint density at radius 3 is 2.16 bits per heavy atom. The molecule has 0 aliphatic carbocycles. The van der Waals surface area contributed by atoms with Crippen LogP contribution in [0.15, 0.2) is 47.8 Å². The Hall–Kier alpha value is -3.03. The number of esters is 2. The predicted octanol–water partition coefficient (Wildman–Crippen LogP) is 2.78. The average molecular weight is 826 g/mol. The summed E-state index contributed by atoms with van der Waals surface area (Å²) in [5.41, 5.74) is 0.683. The standard InChI is InChI=1S/C42H67NO15/c1-12-31-28(21-54-42-40(53-11)39(52-10)36(49)26(6)56-42)18-22(2)16-17-29(44)23(3)19-27(14-13-15-32(46)51-9)38(24(4)30(45)20-33(47)57-31)58-41-37(50)34(43(7)8)35(48)25(5)55-41/h13,15-18,20,23-28,31,34-42,45,48-50H,12,14,19,21H2,1-11H3/b15-13+,17-16+,22-18+,30-20+/t23-,24+,25+,26-,27+,28-,31-,34-,35+,36-,37+,38-,39-,40-,41-,42-/m1/s1. The number of ketones is 1. The zero-order chi connectivity index (χ0) is 43.4. The molecule has 0 saturated carbocycles. The second kappa shape index (κ2) is 23.1. The summed E-state index contributed by atoms with van der Waals surface area (Å²) in [5.74, 6) is -4.69. The highest BCUT2D eigenvalue weighted by Crippen LogP contribution is 2.35. The van der Waals surface area contributed by atoms with Gasteiger partial charge in [-0.15, -0.1) is 0 Å². The lowest BCUT2D eigenvalue weighted by molar-refractivity contribution is -0.304.